The van der Waals surface area contributed by atoms with Crippen molar-refractivity contribution >= 4 is 34.8 Å². The zero-order chi connectivity index (χ0) is 15.8. The first-order chi connectivity index (χ1) is 9.62. The van der Waals surface area contributed by atoms with Crippen molar-refractivity contribution in [1.29, 1.82) is 0 Å². The second kappa shape index (κ2) is 6.96. The van der Waals surface area contributed by atoms with E-state index in [1.54, 1.807) is 0 Å². The Labute approximate surface area is 156 Å². The van der Waals surface area contributed by atoms with Crippen LogP contribution >= 0.6 is 15.9 Å². The first-order valence-corrected chi connectivity index (χ1v) is 8.30. The van der Waals surface area contributed by atoms with Crippen molar-refractivity contribution in [3.8, 4) is 11.1 Å². The summed E-state index contributed by atoms with van der Waals surface area (Å²) in [4.78, 5) is 0. The molecule has 0 unspecified atom stereocenters. The molecule has 0 aromatic heterocycles. The van der Waals surface area contributed by atoms with Crippen LogP contribution in [0.4, 0.5) is 0 Å². The minimum atomic E-state index is 0. The number of halogens is 1. The average Bonchev–Trinajstić information content (AvgIpc) is 2.36. The van der Waals surface area contributed by atoms with E-state index in [2.05, 4.69) is 99.9 Å². The van der Waals surface area contributed by atoms with Crippen LogP contribution in [0.5, 0.6) is 0 Å². The summed E-state index contributed by atoms with van der Waals surface area (Å²) in [6.45, 7) is 13.7. The van der Waals surface area contributed by atoms with E-state index < -0.39 is 0 Å². The fourth-order valence-electron chi connectivity index (χ4n) is 2.77. The molecule has 2 heteroatoms. The van der Waals surface area contributed by atoms with Crippen LogP contribution in [0.2, 0.25) is 0 Å². The molecule has 0 aliphatic carbocycles. The van der Waals surface area contributed by atoms with Crippen molar-refractivity contribution in [3.05, 3.63) is 58.1 Å². The molecule has 2 aromatic rings. The molecule has 0 aliphatic heterocycles. The maximum atomic E-state index is 3.90. The summed E-state index contributed by atoms with van der Waals surface area (Å²) in [7, 11) is 0. The number of benzene rings is 2. The van der Waals surface area contributed by atoms with E-state index in [1.807, 2.05) is 0 Å². The van der Waals surface area contributed by atoms with Crippen molar-refractivity contribution in [2.75, 3.05) is 0 Å². The Bertz CT molecular complexity index is 631. The fraction of sp³-hybridized carbons (Fsp3) is 0.400. The molecule has 0 saturated carbocycles. The van der Waals surface area contributed by atoms with E-state index in [0.717, 1.165) is 0 Å². The quantitative estimate of drug-likeness (QED) is 0.547. The van der Waals surface area contributed by atoms with Crippen LogP contribution < -0.4 is 0 Å². The van der Waals surface area contributed by atoms with E-state index in [-0.39, 0.29) is 29.7 Å². The maximum absolute atomic E-state index is 3.90. The number of rotatable bonds is 1. The summed E-state index contributed by atoms with van der Waals surface area (Å²) in [6.07, 6.45) is 0. The monoisotopic (exact) mass is 352 g/mol. The molecule has 2 rings (SSSR count). The molecular weight excluding hydrogens is 327 g/mol. The van der Waals surface area contributed by atoms with Crippen LogP contribution in [0.15, 0.2) is 46.9 Å². The average molecular weight is 353 g/mol. The van der Waals surface area contributed by atoms with Crippen LogP contribution in [0.25, 0.3) is 11.1 Å². The van der Waals surface area contributed by atoms with Gasteiger partial charge in [-0.15, -0.1) is 0 Å². The van der Waals surface area contributed by atoms with Crippen molar-refractivity contribution in [2.24, 2.45) is 0 Å². The van der Waals surface area contributed by atoms with Crippen LogP contribution in [0.3, 0.4) is 0 Å². The third kappa shape index (κ3) is 4.08. The number of hydrogen-bond donors (Lipinski definition) is 0. The molecule has 0 saturated heterocycles. The summed E-state index contributed by atoms with van der Waals surface area (Å²) < 4.78 is 1.23. The molecule has 0 radical (unpaired) electrons. The Morgan fingerprint density at radius 1 is 0.727 bits per heavy atom. The van der Waals surface area contributed by atoms with Gasteiger partial charge >= 0.3 is 18.9 Å². The van der Waals surface area contributed by atoms with Gasteiger partial charge in [0.05, 0.1) is 0 Å². The van der Waals surface area contributed by atoms with Crippen LogP contribution in [-0.4, -0.2) is 18.9 Å². The van der Waals surface area contributed by atoms with Gasteiger partial charge in [0.15, 0.2) is 0 Å². The van der Waals surface area contributed by atoms with Gasteiger partial charge in [0, 0.05) is 4.47 Å². The molecule has 0 amide bonds. The van der Waals surface area contributed by atoms with Gasteiger partial charge in [0.2, 0.25) is 0 Å². The molecule has 2 aromatic carbocycles. The van der Waals surface area contributed by atoms with Crippen molar-refractivity contribution in [3.63, 3.8) is 0 Å². The molecule has 0 nitrogen and oxygen atoms in total. The van der Waals surface area contributed by atoms with Crippen LogP contribution in [0.1, 0.15) is 52.7 Å². The molecule has 0 fully saturated rings. The Morgan fingerprint density at radius 3 is 1.73 bits per heavy atom. The summed E-state index contributed by atoms with van der Waals surface area (Å²) in [6, 6.07) is 15.1. The van der Waals surface area contributed by atoms with Crippen LogP contribution in [0, 0.1) is 0 Å². The van der Waals surface area contributed by atoms with Crippen LogP contribution in [-0.2, 0) is 10.8 Å². The van der Waals surface area contributed by atoms with Gasteiger partial charge in [-0.3, -0.25) is 0 Å². The van der Waals surface area contributed by atoms with E-state index in [0.29, 0.717) is 0 Å². The van der Waals surface area contributed by atoms with Gasteiger partial charge in [0.1, 0.15) is 0 Å². The molecule has 0 aliphatic rings. The molecule has 0 N–H and O–H groups in total. The Balaban J connectivity index is 0.00000242. The van der Waals surface area contributed by atoms with Gasteiger partial charge in [-0.2, -0.15) is 0 Å². The van der Waals surface area contributed by atoms with Gasteiger partial charge in [0.25, 0.3) is 0 Å². The third-order valence-electron chi connectivity index (χ3n) is 3.78. The molecule has 22 heavy (non-hydrogen) atoms. The molecule has 114 valence electrons. The van der Waals surface area contributed by atoms with Gasteiger partial charge in [-0.25, -0.2) is 0 Å². The Morgan fingerprint density at radius 2 is 1.27 bits per heavy atom. The fourth-order valence-corrected chi connectivity index (χ4v) is 3.94. The first-order valence-electron chi connectivity index (χ1n) is 7.51. The standard InChI is InChI=1S/C20H25Br.Li.H/c1-19(2,3)16-13-12-15(14-10-8-7-9-11-14)18(21)17(16)20(4,5)6;;/h7-13H,1-6H3;;. The second-order valence-electron chi connectivity index (χ2n) is 7.72. The predicted octanol–water partition coefficient (Wildman–Crippen LogP) is 6.06. The Kier molecular flexibility index (Phi) is 6.19. The van der Waals surface area contributed by atoms with Crippen molar-refractivity contribution in [1.82, 2.24) is 0 Å². The summed E-state index contributed by atoms with van der Waals surface area (Å²) in [5, 5.41) is 0. The van der Waals surface area contributed by atoms with Gasteiger partial charge in [-0.05, 0) is 49.0 Å². The summed E-state index contributed by atoms with van der Waals surface area (Å²) in [5.41, 5.74) is 5.61. The van der Waals surface area contributed by atoms with E-state index in [1.165, 1.54) is 26.7 Å². The van der Waals surface area contributed by atoms with E-state index in [9.17, 15) is 0 Å². The van der Waals surface area contributed by atoms with E-state index >= 15 is 0 Å². The molecule has 0 atom stereocenters. The molecule has 0 heterocycles. The van der Waals surface area contributed by atoms with E-state index in [4.69, 9.17) is 0 Å². The number of hydrogen-bond acceptors (Lipinski definition) is 0. The molecule has 0 bridgehead atoms. The van der Waals surface area contributed by atoms with Crippen molar-refractivity contribution in [2.45, 2.75) is 52.4 Å². The Hall–Kier alpha value is -0.483. The molecular formula is C20H26BrLi. The zero-order valence-electron chi connectivity index (χ0n) is 13.9. The zero-order valence-corrected chi connectivity index (χ0v) is 15.5. The first kappa shape index (κ1) is 19.6. The van der Waals surface area contributed by atoms with Gasteiger partial charge < -0.3 is 0 Å². The van der Waals surface area contributed by atoms with Crippen molar-refractivity contribution < 1.29 is 0 Å². The van der Waals surface area contributed by atoms with Gasteiger partial charge in [-0.1, -0.05) is 84.0 Å². The normalized spacial score (nSPS) is 12.0. The predicted molar refractivity (Wildman–Crippen MR) is 104 cm³/mol. The topological polar surface area (TPSA) is 0 Å². The minimum absolute atomic E-state index is 0. The summed E-state index contributed by atoms with van der Waals surface area (Å²) >= 11 is 3.90. The second-order valence-corrected chi connectivity index (χ2v) is 8.51. The molecule has 0 spiro atoms. The third-order valence-corrected chi connectivity index (χ3v) is 4.61. The summed E-state index contributed by atoms with van der Waals surface area (Å²) in [5.74, 6) is 0. The SMILES string of the molecule is CC(C)(C)c1ccc(-c2ccccc2)c(Br)c1C(C)(C)C.[LiH].